The summed E-state index contributed by atoms with van der Waals surface area (Å²) in [6.07, 6.45) is 2.70. The predicted octanol–water partition coefficient (Wildman–Crippen LogP) is 6.49. The minimum Gasteiger partial charge on any atom is -0.279 e. The minimum atomic E-state index is 0.172. The molecule has 0 spiro atoms. The van der Waals surface area contributed by atoms with Crippen molar-refractivity contribution in [3.05, 3.63) is 132 Å². The third-order valence-electron chi connectivity index (χ3n) is 5.54. The number of rotatable bonds is 6. The van der Waals surface area contributed by atoms with Crippen LogP contribution in [0.5, 0.6) is 0 Å². The largest absolute Gasteiger partial charge is 0.279 e. The molecule has 1 heterocycles. The van der Waals surface area contributed by atoms with Gasteiger partial charge in [-0.2, -0.15) is 10.2 Å². The van der Waals surface area contributed by atoms with Gasteiger partial charge < -0.3 is 0 Å². The summed E-state index contributed by atoms with van der Waals surface area (Å²) in [6, 6.07) is 39.5. The van der Waals surface area contributed by atoms with Crippen molar-refractivity contribution in [3.8, 4) is 0 Å². The molecule has 0 radical (unpaired) electrons. The summed E-state index contributed by atoms with van der Waals surface area (Å²) in [5, 5.41) is 11.5. The van der Waals surface area contributed by atoms with Crippen molar-refractivity contribution in [2.75, 3.05) is 10.4 Å². The van der Waals surface area contributed by atoms with Crippen molar-refractivity contribution in [2.45, 2.75) is 12.5 Å². The van der Waals surface area contributed by atoms with Crippen LogP contribution in [0.4, 0.5) is 11.4 Å². The standard InChI is InChI=1S/C28H24N4/c1-4-10-23(11-5-1)27-20-28(24-12-6-2-7-13-24)32(31-27)26-18-16-22(17-19-26)21-29-30-25-14-8-3-9-15-25/h1-19,21,28,30H,20H2/b29-21-/t28-/m1/s1. The van der Waals surface area contributed by atoms with Gasteiger partial charge >= 0.3 is 0 Å². The minimum absolute atomic E-state index is 0.172. The fraction of sp³-hybridized carbons (Fsp3) is 0.0714. The third-order valence-corrected chi connectivity index (χ3v) is 5.54. The number of nitrogens with zero attached hydrogens (tertiary/aromatic N) is 3. The Morgan fingerprint density at radius 2 is 1.38 bits per heavy atom. The first-order valence-corrected chi connectivity index (χ1v) is 10.8. The van der Waals surface area contributed by atoms with Crippen LogP contribution in [0.25, 0.3) is 0 Å². The molecule has 4 aromatic rings. The topological polar surface area (TPSA) is 40.0 Å². The molecule has 0 saturated heterocycles. The molecule has 1 aliphatic heterocycles. The molecule has 0 aromatic heterocycles. The highest BCUT2D eigenvalue weighted by atomic mass is 15.5. The third kappa shape index (κ3) is 4.44. The maximum atomic E-state index is 5.02. The average Bonchev–Trinajstić information content (AvgIpc) is 3.32. The average molecular weight is 417 g/mol. The molecule has 0 bridgehead atoms. The predicted molar refractivity (Wildman–Crippen MR) is 133 cm³/mol. The van der Waals surface area contributed by atoms with Crippen LogP contribution >= 0.6 is 0 Å². The normalized spacial score (nSPS) is 15.7. The number of hydrazone groups is 2. The Balaban J connectivity index is 1.38. The molecule has 0 fully saturated rings. The van der Waals surface area contributed by atoms with Crippen LogP contribution in [-0.4, -0.2) is 11.9 Å². The highest BCUT2D eigenvalue weighted by Gasteiger charge is 2.29. The highest BCUT2D eigenvalue weighted by molar-refractivity contribution is 6.03. The molecule has 32 heavy (non-hydrogen) atoms. The van der Waals surface area contributed by atoms with Gasteiger partial charge in [0.2, 0.25) is 0 Å². The maximum Gasteiger partial charge on any atom is 0.0831 e. The van der Waals surface area contributed by atoms with E-state index in [1.807, 2.05) is 42.6 Å². The summed E-state index contributed by atoms with van der Waals surface area (Å²) in [5.41, 5.74) is 9.66. The van der Waals surface area contributed by atoms with E-state index in [1.54, 1.807) is 0 Å². The van der Waals surface area contributed by atoms with Crippen LogP contribution in [-0.2, 0) is 0 Å². The Bertz CT molecular complexity index is 1200. The van der Waals surface area contributed by atoms with E-state index < -0.39 is 0 Å². The van der Waals surface area contributed by atoms with E-state index in [9.17, 15) is 0 Å². The summed E-state index contributed by atoms with van der Waals surface area (Å²) >= 11 is 0. The molecule has 0 aliphatic carbocycles. The molecular formula is C28H24N4. The lowest BCUT2D eigenvalue weighted by Gasteiger charge is -2.24. The van der Waals surface area contributed by atoms with Crippen molar-refractivity contribution in [2.24, 2.45) is 10.2 Å². The van der Waals surface area contributed by atoms with Crippen molar-refractivity contribution < 1.29 is 0 Å². The molecule has 4 aromatic carbocycles. The molecule has 5 rings (SSSR count). The van der Waals surface area contributed by atoms with Gasteiger partial charge in [-0.1, -0.05) is 91.0 Å². The molecule has 0 unspecified atom stereocenters. The van der Waals surface area contributed by atoms with E-state index in [-0.39, 0.29) is 6.04 Å². The van der Waals surface area contributed by atoms with Crippen molar-refractivity contribution in [3.63, 3.8) is 0 Å². The number of benzene rings is 4. The molecular weight excluding hydrogens is 392 g/mol. The molecule has 1 N–H and O–H groups in total. The van der Waals surface area contributed by atoms with E-state index in [0.717, 1.165) is 29.1 Å². The lowest BCUT2D eigenvalue weighted by Crippen LogP contribution is -2.18. The van der Waals surface area contributed by atoms with Gasteiger partial charge in [0, 0.05) is 6.42 Å². The maximum absolute atomic E-state index is 5.02. The van der Waals surface area contributed by atoms with Gasteiger partial charge in [-0.05, 0) is 41.0 Å². The molecule has 4 nitrogen and oxygen atoms in total. The first kappa shape index (κ1) is 19.8. The number of para-hydroxylation sites is 1. The molecule has 0 saturated carbocycles. The van der Waals surface area contributed by atoms with E-state index >= 15 is 0 Å². The van der Waals surface area contributed by atoms with Crippen LogP contribution in [0.15, 0.2) is 125 Å². The van der Waals surface area contributed by atoms with Gasteiger partial charge in [0.05, 0.1) is 29.3 Å². The summed E-state index contributed by atoms with van der Waals surface area (Å²) < 4.78 is 0. The fourth-order valence-corrected chi connectivity index (χ4v) is 3.90. The first-order valence-electron chi connectivity index (χ1n) is 10.8. The monoisotopic (exact) mass is 416 g/mol. The number of nitrogens with one attached hydrogen (secondary N) is 1. The van der Waals surface area contributed by atoms with Crippen LogP contribution < -0.4 is 10.4 Å². The van der Waals surface area contributed by atoms with Gasteiger partial charge in [-0.15, -0.1) is 0 Å². The lowest BCUT2D eigenvalue weighted by molar-refractivity contribution is 0.709. The number of hydrogen-bond acceptors (Lipinski definition) is 4. The lowest BCUT2D eigenvalue weighted by atomic mass is 9.98. The van der Waals surface area contributed by atoms with Crippen molar-refractivity contribution >= 4 is 23.3 Å². The van der Waals surface area contributed by atoms with Gasteiger partial charge in [0.15, 0.2) is 0 Å². The van der Waals surface area contributed by atoms with E-state index in [4.69, 9.17) is 5.10 Å². The Kier molecular flexibility index (Phi) is 5.75. The van der Waals surface area contributed by atoms with E-state index in [2.05, 4.69) is 94.4 Å². The van der Waals surface area contributed by atoms with Gasteiger partial charge in [0.25, 0.3) is 0 Å². The van der Waals surface area contributed by atoms with Crippen LogP contribution in [0.1, 0.15) is 29.2 Å². The summed E-state index contributed by atoms with van der Waals surface area (Å²) in [6.45, 7) is 0. The Labute approximate surface area is 188 Å². The second kappa shape index (κ2) is 9.31. The zero-order valence-electron chi connectivity index (χ0n) is 17.7. The van der Waals surface area contributed by atoms with Gasteiger partial charge in [-0.3, -0.25) is 10.4 Å². The van der Waals surface area contributed by atoms with Crippen LogP contribution in [0, 0.1) is 0 Å². The molecule has 0 amide bonds. The summed E-state index contributed by atoms with van der Waals surface area (Å²) in [7, 11) is 0. The van der Waals surface area contributed by atoms with Crippen molar-refractivity contribution in [1.82, 2.24) is 0 Å². The molecule has 4 heteroatoms. The summed E-state index contributed by atoms with van der Waals surface area (Å²) in [4.78, 5) is 0. The SMILES string of the molecule is C(=N/Nc1ccccc1)/c1ccc(N2N=C(c3ccccc3)C[C@@H]2c2ccccc2)cc1. The van der Waals surface area contributed by atoms with E-state index in [1.165, 1.54) is 11.1 Å². The van der Waals surface area contributed by atoms with E-state index in [0.29, 0.717) is 0 Å². The molecule has 1 atom stereocenters. The zero-order chi connectivity index (χ0) is 21.6. The van der Waals surface area contributed by atoms with Crippen LogP contribution in [0.2, 0.25) is 0 Å². The first-order chi connectivity index (χ1) is 15.9. The Morgan fingerprint density at radius 1 is 0.750 bits per heavy atom. The van der Waals surface area contributed by atoms with Crippen LogP contribution in [0.3, 0.4) is 0 Å². The van der Waals surface area contributed by atoms with Gasteiger partial charge in [-0.25, -0.2) is 0 Å². The number of hydrogen-bond donors (Lipinski definition) is 1. The highest BCUT2D eigenvalue weighted by Crippen LogP contribution is 2.36. The Morgan fingerprint density at radius 3 is 2.06 bits per heavy atom. The molecule has 156 valence electrons. The number of anilines is 2. The zero-order valence-corrected chi connectivity index (χ0v) is 17.7. The molecule has 1 aliphatic rings. The second-order valence-corrected chi connectivity index (χ2v) is 7.72. The second-order valence-electron chi connectivity index (χ2n) is 7.72. The van der Waals surface area contributed by atoms with Gasteiger partial charge in [0.1, 0.15) is 0 Å². The summed E-state index contributed by atoms with van der Waals surface area (Å²) in [5.74, 6) is 0. The quantitative estimate of drug-likeness (QED) is 0.288. The Hall–Kier alpha value is -4.18. The fourth-order valence-electron chi connectivity index (χ4n) is 3.90. The van der Waals surface area contributed by atoms with Crippen molar-refractivity contribution in [1.29, 1.82) is 0 Å². The smallest absolute Gasteiger partial charge is 0.0831 e.